The Hall–Kier alpha value is -2.88. The van der Waals surface area contributed by atoms with Crippen LogP contribution in [0.1, 0.15) is 18.2 Å². The molecule has 0 fully saturated rings. The molecule has 1 aromatic carbocycles. The number of nitro groups is 1. The summed E-state index contributed by atoms with van der Waals surface area (Å²) in [6.07, 6.45) is 2.56. The van der Waals surface area contributed by atoms with E-state index in [0.29, 0.717) is 5.69 Å². The number of aromatic nitrogens is 2. The van der Waals surface area contributed by atoms with Crippen LogP contribution in [0.3, 0.4) is 0 Å². The summed E-state index contributed by atoms with van der Waals surface area (Å²) in [5, 5.41) is 27.1. The molecule has 2 aromatic rings. The molecule has 2 rings (SSSR count). The van der Waals surface area contributed by atoms with E-state index in [1.54, 1.807) is 10.7 Å². The maximum Gasteiger partial charge on any atom is 0.289 e. The Morgan fingerprint density at radius 1 is 1.55 bits per heavy atom. The summed E-state index contributed by atoms with van der Waals surface area (Å²) < 4.78 is 1.68. The Kier molecular flexibility index (Phi) is 3.66. The van der Waals surface area contributed by atoms with Crippen LogP contribution in [0.25, 0.3) is 0 Å². The summed E-state index contributed by atoms with van der Waals surface area (Å²) in [7, 11) is 1.81. The van der Waals surface area contributed by atoms with E-state index in [1.807, 2.05) is 26.2 Å². The van der Waals surface area contributed by atoms with E-state index in [2.05, 4.69) is 10.4 Å². The van der Waals surface area contributed by atoms with Crippen molar-refractivity contribution in [1.82, 2.24) is 9.78 Å². The van der Waals surface area contributed by atoms with Crippen molar-refractivity contribution in [3.05, 3.63) is 45.8 Å². The molecule has 0 aliphatic carbocycles. The Morgan fingerprint density at radius 3 is 2.90 bits per heavy atom. The van der Waals surface area contributed by atoms with Crippen LogP contribution in [-0.4, -0.2) is 14.7 Å². The lowest BCUT2D eigenvalue weighted by Crippen LogP contribution is -1.97. The highest BCUT2D eigenvalue weighted by molar-refractivity contribution is 5.66. The predicted octanol–water partition coefficient (Wildman–Crippen LogP) is 2.51. The second kappa shape index (κ2) is 5.40. The van der Waals surface area contributed by atoms with E-state index in [-0.39, 0.29) is 11.3 Å². The largest absolute Gasteiger partial charge is 0.353 e. The van der Waals surface area contributed by atoms with Crippen molar-refractivity contribution in [2.45, 2.75) is 13.3 Å². The zero-order valence-corrected chi connectivity index (χ0v) is 11.1. The van der Waals surface area contributed by atoms with Gasteiger partial charge >= 0.3 is 0 Å². The molecule has 7 heteroatoms. The molecular weight excluding hydrogens is 258 g/mol. The lowest BCUT2D eigenvalue weighted by molar-refractivity contribution is -0.385. The molecule has 1 N–H and O–H groups in total. The van der Waals surface area contributed by atoms with E-state index >= 15 is 0 Å². The smallest absolute Gasteiger partial charge is 0.289 e. The third-order valence-electron chi connectivity index (χ3n) is 2.83. The molecule has 0 bridgehead atoms. The molecule has 0 aliphatic heterocycles. The summed E-state index contributed by atoms with van der Waals surface area (Å²) in [5.41, 5.74) is 2.06. The van der Waals surface area contributed by atoms with Gasteiger partial charge in [-0.2, -0.15) is 10.4 Å². The maximum absolute atomic E-state index is 10.9. The Morgan fingerprint density at radius 2 is 2.30 bits per heavy atom. The second-order valence-electron chi connectivity index (χ2n) is 4.24. The van der Waals surface area contributed by atoms with Gasteiger partial charge < -0.3 is 5.32 Å². The third-order valence-corrected chi connectivity index (χ3v) is 2.83. The van der Waals surface area contributed by atoms with Gasteiger partial charge in [0.1, 0.15) is 11.6 Å². The van der Waals surface area contributed by atoms with Crippen LogP contribution in [0, 0.1) is 21.4 Å². The second-order valence-corrected chi connectivity index (χ2v) is 4.24. The molecule has 102 valence electrons. The van der Waals surface area contributed by atoms with Crippen molar-refractivity contribution >= 4 is 17.1 Å². The number of rotatable bonds is 4. The number of nitro benzene ring substituents is 1. The topological polar surface area (TPSA) is 96.8 Å². The van der Waals surface area contributed by atoms with Gasteiger partial charge in [0.2, 0.25) is 0 Å². The molecule has 1 aromatic heterocycles. The van der Waals surface area contributed by atoms with Crippen molar-refractivity contribution < 1.29 is 4.92 Å². The molecule has 0 saturated carbocycles. The van der Waals surface area contributed by atoms with Gasteiger partial charge in [-0.05, 0) is 18.6 Å². The Balaban J connectivity index is 2.37. The Bertz CT molecular complexity index is 699. The predicted molar refractivity (Wildman–Crippen MR) is 73.7 cm³/mol. The normalized spacial score (nSPS) is 10.1. The highest BCUT2D eigenvalue weighted by Gasteiger charge is 2.15. The maximum atomic E-state index is 10.9. The fourth-order valence-corrected chi connectivity index (χ4v) is 1.91. The fraction of sp³-hybridized carbons (Fsp3) is 0.231. The van der Waals surface area contributed by atoms with Gasteiger partial charge in [-0.25, -0.2) is 0 Å². The van der Waals surface area contributed by atoms with E-state index in [9.17, 15) is 10.1 Å². The number of hydrogen-bond acceptors (Lipinski definition) is 5. The standard InChI is InChI=1S/C13H13N5O2/c1-3-11-12(8-17(2)16-11)15-10-5-4-9(7-14)13(6-10)18(19)20/h4-6,8,15H,3H2,1-2H3. The number of anilines is 2. The summed E-state index contributed by atoms with van der Waals surface area (Å²) in [6, 6.07) is 6.23. The van der Waals surface area contributed by atoms with Crippen LogP contribution in [0.5, 0.6) is 0 Å². The molecule has 0 spiro atoms. The van der Waals surface area contributed by atoms with Crippen molar-refractivity contribution in [3.8, 4) is 6.07 Å². The zero-order valence-electron chi connectivity index (χ0n) is 11.1. The van der Waals surface area contributed by atoms with Gasteiger partial charge in [0.25, 0.3) is 5.69 Å². The summed E-state index contributed by atoms with van der Waals surface area (Å²) in [5.74, 6) is 0. The molecule has 20 heavy (non-hydrogen) atoms. The molecule has 1 heterocycles. The first-order valence-electron chi connectivity index (χ1n) is 6.03. The van der Waals surface area contributed by atoms with Crippen LogP contribution < -0.4 is 5.32 Å². The van der Waals surface area contributed by atoms with E-state index in [0.717, 1.165) is 17.8 Å². The summed E-state index contributed by atoms with van der Waals surface area (Å²) in [4.78, 5) is 10.4. The van der Waals surface area contributed by atoms with Gasteiger partial charge in [0.15, 0.2) is 0 Å². The van der Waals surface area contributed by atoms with Crippen LogP contribution in [0.15, 0.2) is 24.4 Å². The van der Waals surface area contributed by atoms with Crippen LogP contribution >= 0.6 is 0 Å². The highest BCUT2D eigenvalue weighted by Crippen LogP contribution is 2.26. The first-order chi connectivity index (χ1) is 9.55. The number of nitrogens with zero attached hydrogens (tertiary/aromatic N) is 4. The minimum Gasteiger partial charge on any atom is -0.353 e. The van der Waals surface area contributed by atoms with Crippen molar-refractivity contribution in [3.63, 3.8) is 0 Å². The molecule has 0 amide bonds. The number of benzene rings is 1. The van der Waals surface area contributed by atoms with Crippen molar-refractivity contribution in [1.29, 1.82) is 5.26 Å². The van der Waals surface area contributed by atoms with Gasteiger partial charge in [-0.3, -0.25) is 14.8 Å². The fourth-order valence-electron chi connectivity index (χ4n) is 1.91. The third kappa shape index (κ3) is 2.59. The molecule has 0 atom stereocenters. The minimum atomic E-state index is -0.562. The number of nitriles is 1. The summed E-state index contributed by atoms with van der Waals surface area (Å²) in [6.45, 7) is 1.98. The highest BCUT2D eigenvalue weighted by atomic mass is 16.6. The zero-order chi connectivity index (χ0) is 14.7. The average molecular weight is 271 g/mol. The monoisotopic (exact) mass is 271 g/mol. The van der Waals surface area contributed by atoms with Gasteiger partial charge in [0.05, 0.1) is 16.3 Å². The quantitative estimate of drug-likeness (QED) is 0.680. The number of aryl methyl sites for hydroxylation is 2. The van der Waals surface area contributed by atoms with E-state index in [4.69, 9.17) is 5.26 Å². The van der Waals surface area contributed by atoms with Crippen molar-refractivity contribution in [2.75, 3.05) is 5.32 Å². The Labute approximate surface area is 115 Å². The SMILES string of the molecule is CCc1nn(C)cc1Nc1ccc(C#N)c([N+](=O)[O-])c1. The minimum absolute atomic E-state index is 0.0439. The van der Waals surface area contributed by atoms with Gasteiger partial charge in [-0.1, -0.05) is 6.92 Å². The van der Waals surface area contributed by atoms with Gasteiger partial charge in [0, 0.05) is 25.0 Å². The van der Waals surface area contributed by atoms with E-state index < -0.39 is 4.92 Å². The van der Waals surface area contributed by atoms with Crippen LogP contribution in [0.4, 0.5) is 17.1 Å². The van der Waals surface area contributed by atoms with Crippen molar-refractivity contribution in [2.24, 2.45) is 7.05 Å². The lowest BCUT2D eigenvalue weighted by atomic mass is 10.1. The molecule has 0 unspecified atom stereocenters. The first-order valence-corrected chi connectivity index (χ1v) is 6.03. The lowest BCUT2D eigenvalue weighted by Gasteiger charge is -2.05. The van der Waals surface area contributed by atoms with E-state index in [1.165, 1.54) is 12.1 Å². The average Bonchev–Trinajstić information content (AvgIpc) is 2.78. The van der Waals surface area contributed by atoms with Crippen LogP contribution in [0.2, 0.25) is 0 Å². The molecule has 0 aliphatic rings. The number of nitrogens with one attached hydrogen (secondary N) is 1. The van der Waals surface area contributed by atoms with Crippen LogP contribution in [-0.2, 0) is 13.5 Å². The first kappa shape index (κ1) is 13.5. The molecule has 7 nitrogen and oxygen atoms in total. The molecular formula is C13H13N5O2. The molecule has 0 radical (unpaired) electrons. The number of hydrogen-bond donors (Lipinski definition) is 1. The van der Waals surface area contributed by atoms with Gasteiger partial charge in [-0.15, -0.1) is 0 Å². The summed E-state index contributed by atoms with van der Waals surface area (Å²) >= 11 is 0. The molecule has 0 saturated heterocycles.